The van der Waals surface area contributed by atoms with Gasteiger partial charge < -0.3 is 55.1 Å². The molecule has 2 saturated heterocycles. The van der Waals surface area contributed by atoms with Crippen LogP contribution in [0.3, 0.4) is 0 Å². The summed E-state index contributed by atoms with van der Waals surface area (Å²) >= 11 is 0. The first-order valence-corrected chi connectivity index (χ1v) is 11.6. The van der Waals surface area contributed by atoms with Crippen LogP contribution in [0, 0.1) is 11.8 Å². The molecule has 14 unspecified atom stereocenters. The lowest BCUT2D eigenvalue weighted by molar-refractivity contribution is -0.324. The third-order valence-electron chi connectivity index (χ3n) is 7.72. The molecule has 2 aliphatic carbocycles. The van der Waals surface area contributed by atoms with E-state index in [1.54, 1.807) is 0 Å². The van der Waals surface area contributed by atoms with Crippen molar-refractivity contribution in [2.24, 2.45) is 11.8 Å². The Labute approximate surface area is 186 Å². The van der Waals surface area contributed by atoms with Gasteiger partial charge in [-0.1, -0.05) is 0 Å². The number of hydrogen-bond acceptors (Lipinski definition) is 10. The topological polar surface area (TPSA) is 193 Å². The fourth-order valence-corrected chi connectivity index (χ4v) is 5.89. The summed E-state index contributed by atoms with van der Waals surface area (Å²) in [6.07, 6.45) is -8.78. The fraction of sp³-hybridized carbons (Fsp3) is 1.00. The molecule has 0 aromatic rings. The predicted molar refractivity (Wildman–Crippen MR) is 107 cm³/mol. The zero-order valence-corrected chi connectivity index (χ0v) is 17.9. The van der Waals surface area contributed by atoms with E-state index >= 15 is 0 Å². The molecule has 0 spiro atoms. The lowest BCUT2D eigenvalue weighted by Crippen LogP contribution is -2.60. The van der Waals surface area contributed by atoms with Crippen molar-refractivity contribution in [3.05, 3.63) is 0 Å². The number of aliphatic hydroxyl groups excluding tert-OH is 8. The molecule has 0 aromatic carbocycles. The standard InChI is InChI=1S/C21H36O11/c22-7-16-17(27)18(28)19(29)21(32-16)31-14-2-1-8(3-12(14)25)20-13(26)6-10-11(24)4-9(23)5-15(10)30-20/h8-29H,1-7H2/p+1. The second kappa shape index (κ2) is 10.0. The minimum atomic E-state index is -1.55. The Bertz CT molecular complexity index is 621. The van der Waals surface area contributed by atoms with Crippen molar-refractivity contribution in [2.75, 3.05) is 6.61 Å². The lowest BCUT2D eigenvalue weighted by Gasteiger charge is -2.46. The summed E-state index contributed by atoms with van der Waals surface area (Å²) in [4.78, 5) is 0. The van der Waals surface area contributed by atoms with E-state index in [1.165, 1.54) is 0 Å². The molecule has 11 nitrogen and oxygen atoms in total. The van der Waals surface area contributed by atoms with E-state index in [4.69, 9.17) is 14.2 Å². The van der Waals surface area contributed by atoms with Gasteiger partial charge in [0.25, 0.3) is 0 Å². The van der Waals surface area contributed by atoms with Crippen LogP contribution in [0.25, 0.3) is 0 Å². The van der Waals surface area contributed by atoms with E-state index in [9.17, 15) is 40.9 Å². The smallest absolute Gasteiger partial charge is 0.187 e. The maximum atomic E-state index is 10.7. The summed E-state index contributed by atoms with van der Waals surface area (Å²) in [6.45, 7) is -0.563. The highest BCUT2D eigenvalue weighted by atomic mass is 16.7. The number of hydrogen-bond donors (Lipinski definition) is 8. The molecule has 11 heteroatoms. The van der Waals surface area contributed by atoms with E-state index < -0.39 is 73.9 Å². The Kier molecular flexibility index (Phi) is 7.75. The van der Waals surface area contributed by atoms with Gasteiger partial charge in [-0.2, -0.15) is 0 Å². The van der Waals surface area contributed by atoms with Crippen molar-refractivity contribution < 1.29 is 55.1 Å². The van der Waals surface area contributed by atoms with Gasteiger partial charge in [-0.05, 0) is 25.7 Å². The van der Waals surface area contributed by atoms with Crippen LogP contribution in [0.2, 0.25) is 0 Å². The molecule has 4 rings (SSSR count). The maximum Gasteiger partial charge on any atom is 0.187 e. The number of fused-ring (bicyclic) bond motifs is 1. The minimum absolute atomic E-state index is 0.105. The van der Waals surface area contributed by atoms with Crippen molar-refractivity contribution in [1.82, 2.24) is 0 Å². The first-order chi connectivity index (χ1) is 15.2. The van der Waals surface area contributed by atoms with Crippen LogP contribution < -0.4 is 0 Å². The molecule has 186 valence electrons. The highest BCUT2D eigenvalue weighted by molar-refractivity contribution is 4.97. The van der Waals surface area contributed by atoms with Crippen LogP contribution in [-0.2, 0) is 9.47 Å². The monoisotopic (exact) mass is 465 g/mol. The summed E-state index contributed by atoms with van der Waals surface area (Å²) in [6, 6.07) is 0. The normalized spacial score (nSPS) is 54.8. The van der Waals surface area contributed by atoms with E-state index in [-0.39, 0.29) is 17.9 Å². The van der Waals surface area contributed by atoms with E-state index in [0.717, 1.165) is 0 Å². The zero-order chi connectivity index (χ0) is 23.2. The quantitative estimate of drug-likeness (QED) is 0.193. The van der Waals surface area contributed by atoms with Crippen LogP contribution in [0.15, 0.2) is 0 Å². The molecule has 14 atom stereocenters. The first-order valence-electron chi connectivity index (χ1n) is 11.6. The molecule has 0 amide bonds. The SMILES string of the molecule is OCC1OC(OC2CCC(C3[OH+]C4CC(O)CC(O)C4CC3O)CC2O)C(O)C(O)C1O. The lowest BCUT2D eigenvalue weighted by atomic mass is 9.72. The summed E-state index contributed by atoms with van der Waals surface area (Å²) in [5.41, 5.74) is 0. The molecule has 0 radical (unpaired) electrons. The van der Waals surface area contributed by atoms with Gasteiger partial charge in [0.15, 0.2) is 18.5 Å². The summed E-state index contributed by atoms with van der Waals surface area (Å²) in [5.74, 6) is -0.271. The minimum Gasteiger partial charge on any atom is -0.427 e. The maximum absolute atomic E-state index is 10.7. The highest BCUT2D eigenvalue weighted by Crippen LogP contribution is 2.40. The Hall–Kier alpha value is -0.440. The second-order valence-electron chi connectivity index (χ2n) is 9.88. The van der Waals surface area contributed by atoms with Gasteiger partial charge >= 0.3 is 0 Å². The summed E-state index contributed by atoms with van der Waals surface area (Å²) in [7, 11) is 0. The molecule has 2 heterocycles. The largest absolute Gasteiger partial charge is 0.427 e. The summed E-state index contributed by atoms with van der Waals surface area (Å²) in [5, 5.41) is 80.9. The average molecular weight is 466 g/mol. The first kappa shape index (κ1) is 24.7. The second-order valence-corrected chi connectivity index (χ2v) is 9.88. The Morgan fingerprint density at radius 3 is 2.22 bits per heavy atom. The molecule has 9 N–H and O–H groups in total. The Morgan fingerprint density at radius 2 is 1.53 bits per heavy atom. The van der Waals surface area contributed by atoms with Crippen LogP contribution >= 0.6 is 0 Å². The van der Waals surface area contributed by atoms with E-state index in [2.05, 4.69) is 0 Å². The van der Waals surface area contributed by atoms with Gasteiger partial charge in [-0.25, -0.2) is 0 Å². The van der Waals surface area contributed by atoms with E-state index in [0.29, 0.717) is 38.5 Å². The van der Waals surface area contributed by atoms with Gasteiger partial charge in [-0.15, -0.1) is 0 Å². The third kappa shape index (κ3) is 4.84. The number of aliphatic hydroxyl groups is 10. The van der Waals surface area contributed by atoms with Crippen molar-refractivity contribution in [3.8, 4) is 0 Å². The van der Waals surface area contributed by atoms with Gasteiger partial charge in [0, 0.05) is 18.8 Å². The van der Waals surface area contributed by atoms with Crippen LogP contribution in [0.5, 0.6) is 0 Å². The van der Waals surface area contributed by atoms with Crippen LogP contribution in [0.4, 0.5) is 0 Å². The number of rotatable bonds is 4. The molecule has 2 saturated carbocycles. The Balaban J connectivity index is 1.34. The molecule has 2 aliphatic heterocycles. The van der Waals surface area contributed by atoms with Crippen LogP contribution in [0.1, 0.15) is 38.5 Å². The van der Waals surface area contributed by atoms with Gasteiger partial charge in [0.1, 0.15) is 30.5 Å². The van der Waals surface area contributed by atoms with Crippen molar-refractivity contribution in [1.29, 1.82) is 0 Å². The molecule has 4 fully saturated rings. The third-order valence-corrected chi connectivity index (χ3v) is 7.72. The molecule has 0 bridgehead atoms. The van der Waals surface area contributed by atoms with Crippen molar-refractivity contribution in [3.63, 3.8) is 0 Å². The molecule has 4 aliphatic rings. The van der Waals surface area contributed by atoms with Gasteiger partial charge in [0.05, 0.1) is 36.9 Å². The number of ether oxygens (including phenoxy) is 3. The fourth-order valence-electron chi connectivity index (χ4n) is 5.89. The highest BCUT2D eigenvalue weighted by Gasteiger charge is 2.52. The van der Waals surface area contributed by atoms with Gasteiger partial charge in [-0.3, -0.25) is 0 Å². The average Bonchev–Trinajstić information content (AvgIpc) is 2.75. The van der Waals surface area contributed by atoms with Gasteiger partial charge in [0.2, 0.25) is 0 Å². The zero-order valence-electron chi connectivity index (χ0n) is 17.9. The summed E-state index contributed by atoms with van der Waals surface area (Å²) < 4.78 is 15.9. The Morgan fingerprint density at radius 1 is 0.781 bits per heavy atom. The molecular formula is C21H37O11+. The molecular weight excluding hydrogens is 428 g/mol. The molecule has 32 heavy (non-hydrogen) atoms. The predicted octanol–water partition coefficient (Wildman–Crippen LogP) is -3.51. The van der Waals surface area contributed by atoms with Crippen molar-refractivity contribution in [2.45, 2.75) is 112 Å². The van der Waals surface area contributed by atoms with Crippen molar-refractivity contribution >= 4 is 0 Å². The van der Waals surface area contributed by atoms with Crippen LogP contribution in [-0.4, -0.2) is 126 Å². The molecule has 0 aromatic heterocycles. The van der Waals surface area contributed by atoms with E-state index in [1.807, 2.05) is 0 Å².